The number of carbonyl (C=O) groups is 1. The van der Waals surface area contributed by atoms with Gasteiger partial charge in [0, 0.05) is 25.1 Å². The standard InChI is InChI=1S/C9H10N4O2/c14-9(15)8-5-11-13(6-8)4-3-12-2-1-10-7-12/h1-2,5-7H,3-4H2,(H,14,15). The van der Waals surface area contributed by atoms with Crippen LogP contribution in [0.1, 0.15) is 10.4 Å². The van der Waals surface area contributed by atoms with Crippen LogP contribution in [-0.2, 0) is 13.1 Å². The van der Waals surface area contributed by atoms with E-state index < -0.39 is 5.97 Å². The number of aromatic nitrogens is 4. The summed E-state index contributed by atoms with van der Waals surface area (Å²) in [5.41, 5.74) is 0.209. The second-order valence-electron chi connectivity index (χ2n) is 3.10. The summed E-state index contributed by atoms with van der Waals surface area (Å²) in [6.07, 6.45) is 8.12. The quantitative estimate of drug-likeness (QED) is 0.789. The Balaban J connectivity index is 1.96. The zero-order valence-corrected chi connectivity index (χ0v) is 7.95. The second-order valence-corrected chi connectivity index (χ2v) is 3.10. The first-order chi connectivity index (χ1) is 7.25. The minimum Gasteiger partial charge on any atom is -0.478 e. The summed E-state index contributed by atoms with van der Waals surface area (Å²) in [5, 5.41) is 12.6. The highest BCUT2D eigenvalue weighted by atomic mass is 16.4. The van der Waals surface area contributed by atoms with E-state index in [1.807, 2.05) is 10.8 Å². The summed E-state index contributed by atoms with van der Waals surface area (Å²) in [4.78, 5) is 14.5. The molecule has 0 saturated heterocycles. The highest BCUT2D eigenvalue weighted by Gasteiger charge is 2.05. The molecule has 0 atom stereocenters. The zero-order valence-electron chi connectivity index (χ0n) is 7.95. The Bertz CT molecular complexity index is 446. The number of hydrogen-bond donors (Lipinski definition) is 1. The predicted molar refractivity (Wildman–Crippen MR) is 51.4 cm³/mol. The molecule has 0 aromatic carbocycles. The molecule has 1 N–H and O–H groups in total. The first-order valence-electron chi connectivity index (χ1n) is 4.47. The van der Waals surface area contributed by atoms with Crippen molar-refractivity contribution in [1.29, 1.82) is 0 Å². The predicted octanol–water partition coefficient (Wildman–Crippen LogP) is 0.478. The Hall–Kier alpha value is -2.11. The lowest BCUT2D eigenvalue weighted by atomic mass is 10.4. The summed E-state index contributed by atoms with van der Waals surface area (Å²) in [5.74, 6) is -0.955. The third-order valence-electron chi connectivity index (χ3n) is 2.03. The summed E-state index contributed by atoms with van der Waals surface area (Å²) in [7, 11) is 0. The molecule has 0 bridgehead atoms. The van der Waals surface area contributed by atoms with E-state index in [0.29, 0.717) is 6.54 Å². The van der Waals surface area contributed by atoms with Crippen molar-refractivity contribution in [1.82, 2.24) is 19.3 Å². The van der Waals surface area contributed by atoms with Gasteiger partial charge in [-0.25, -0.2) is 9.78 Å². The molecule has 6 nitrogen and oxygen atoms in total. The van der Waals surface area contributed by atoms with E-state index in [-0.39, 0.29) is 5.56 Å². The average molecular weight is 206 g/mol. The third-order valence-corrected chi connectivity index (χ3v) is 2.03. The summed E-state index contributed by atoms with van der Waals surface area (Å²) >= 11 is 0. The molecular weight excluding hydrogens is 196 g/mol. The summed E-state index contributed by atoms with van der Waals surface area (Å²) in [6.45, 7) is 1.35. The minimum atomic E-state index is -0.955. The van der Waals surface area contributed by atoms with Crippen molar-refractivity contribution in [3.8, 4) is 0 Å². The molecule has 78 valence electrons. The summed E-state index contributed by atoms with van der Waals surface area (Å²) in [6, 6.07) is 0. The Morgan fingerprint density at radius 1 is 1.47 bits per heavy atom. The fourth-order valence-corrected chi connectivity index (χ4v) is 1.23. The number of imidazole rings is 1. The van der Waals surface area contributed by atoms with Gasteiger partial charge in [-0.3, -0.25) is 4.68 Å². The van der Waals surface area contributed by atoms with Crippen LogP contribution in [0.2, 0.25) is 0 Å². The van der Waals surface area contributed by atoms with Crippen molar-refractivity contribution in [3.63, 3.8) is 0 Å². The maximum atomic E-state index is 10.6. The molecule has 0 aliphatic heterocycles. The van der Waals surface area contributed by atoms with Crippen molar-refractivity contribution < 1.29 is 9.90 Å². The number of aromatic carboxylic acids is 1. The van der Waals surface area contributed by atoms with Crippen LogP contribution in [0.25, 0.3) is 0 Å². The topological polar surface area (TPSA) is 72.9 Å². The molecule has 0 unspecified atom stereocenters. The van der Waals surface area contributed by atoms with Crippen LogP contribution in [0.5, 0.6) is 0 Å². The molecule has 0 spiro atoms. The van der Waals surface area contributed by atoms with Gasteiger partial charge in [-0.15, -0.1) is 0 Å². The Labute approximate surface area is 85.8 Å². The van der Waals surface area contributed by atoms with Crippen molar-refractivity contribution in [3.05, 3.63) is 36.7 Å². The molecule has 0 amide bonds. The van der Waals surface area contributed by atoms with Gasteiger partial charge in [0.05, 0.1) is 24.6 Å². The van der Waals surface area contributed by atoms with Crippen molar-refractivity contribution in [2.75, 3.05) is 0 Å². The number of hydrogen-bond acceptors (Lipinski definition) is 3. The lowest BCUT2D eigenvalue weighted by Gasteiger charge is -2.01. The molecule has 2 rings (SSSR count). The molecule has 0 saturated carbocycles. The monoisotopic (exact) mass is 206 g/mol. The highest BCUT2D eigenvalue weighted by Crippen LogP contribution is 1.98. The van der Waals surface area contributed by atoms with Gasteiger partial charge >= 0.3 is 5.97 Å². The van der Waals surface area contributed by atoms with E-state index >= 15 is 0 Å². The normalized spacial score (nSPS) is 10.4. The molecular formula is C9H10N4O2. The molecule has 15 heavy (non-hydrogen) atoms. The third kappa shape index (κ3) is 2.22. The van der Waals surface area contributed by atoms with Gasteiger partial charge < -0.3 is 9.67 Å². The molecule has 6 heteroatoms. The molecule has 0 aliphatic rings. The van der Waals surface area contributed by atoms with Crippen LogP contribution >= 0.6 is 0 Å². The van der Waals surface area contributed by atoms with E-state index in [1.165, 1.54) is 12.4 Å². The van der Waals surface area contributed by atoms with E-state index in [1.54, 1.807) is 17.2 Å². The number of nitrogens with zero attached hydrogens (tertiary/aromatic N) is 4. The zero-order chi connectivity index (χ0) is 10.7. The van der Waals surface area contributed by atoms with Gasteiger partial charge in [-0.2, -0.15) is 5.10 Å². The van der Waals surface area contributed by atoms with Crippen LogP contribution in [0.4, 0.5) is 0 Å². The molecule has 0 fully saturated rings. The Morgan fingerprint density at radius 3 is 2.93 bits per heavy atom. The molecule has 0 aliphatic carbocycles. The first kappa shape index (κ1) is 9.45. The van der Waals surface area contributed by atoms with Gasteiger partial charge in [0.1, 0.15) is 0 Å². The lowest BCUT2D eigenvalue weighted by Crippen LogP contribution is -2.06. The highest BCUT2D eigenvalue weighted by molar-refractivity contribution is 5.86. The van der Waals surface area contributed by atoms with Crippen LogP contribution in [0.15, 0.2) is 31.1 Å². The van der Waals surface area contributed by atoms with Gasteiger partial charge in [0.25, 0.3) is 0 Å². The number of aryl methyl sites for hydroxylation is 2. The van der Waals surface area contributed by atoms with Crippen molar-refractivity contribution in [2.24, 2.45) is 0 Å². The van der Waals surface area contributed by atoms with E-state index in [2.05, 4.69) is 10.1 Å². The van der Waals surface area contributed by atoms with Crippen LogP contribution in [0, 0.1) is 0 Å². The van der Waals surface area contributed by atoms with Crippen LogP contribution < -0.4 is 0 Å². The van der Waals surface area contributed by atoms with Crippen molar-refractivity contribution in [2.45, 2.75) is 13.1 Å². The first-order valence-corrected chi connectivity index (χ1v) is 4.47. The number of carboxylic acids is 1. The number of rotatable bonds is 4. The fraction of sp³-hybridized carbons (Fsp3) is 0.222. The van der Waals surface area contributed by atoms with Gasteiger partial charge in [-0.1, -0.05) is 0 Å². The SMILES string of the molecule is O=C(O)c1cnn(CCn2ccnc2)c1. The van der Waals surface area contributed by atoms with Gasteiger partial charge in [0.2, 0.25) is 0 Å². The van der Waals surface area contributed by atoms with Crippen molar-refractivity contribution >= 4 is 5.97 Å². The lowest BCUT2D eigenvalue weighted by molar-refractivity contribution is 0.0697. The van der Waals surface area contributed by atoms with Crippen LogP contribution in [-0.4, -0.2) is 30.4 Å². The van der Waals surface area contributed by atoms with E-state index in [0.717, 1.165) is 6.54 Å². The van der Waals surface area contributed by atoms with E-state index in [9.17, 15) is 4.79 Å². The van der Waals surface area contributed by atoms with Crippen LogP contribution in [0.3, 0.4) is 0 Å². The summed E-state index contributed by atoms with van der Waals surface area (Å²) < 4.78 is 3.51. The second kappa shape index (κ2) is 3.95. The fourth-order valence-electron chi connectivity index (χ4n) is 1.23. The largest absolute Gasteiger partial charge is 0.478 e. The molecule has 2 aromatic heterocycles. The van der Waals surface area contributed by atoms with E-state index in [4.69, 9.17) is 5.11 Å². The molecule has 0 radical (unpaired) electrons. The smallest absolute Gasteiger partial charge is 0.338 e. The molecule has 2 aromatic rings. The number of carboxylic acid groups (broad SMARTS) is 1. The van der Waals surface area contributed by atoms with Gasteiger partial charge in [0.15, 0.2) is 0 Å². The average Bonchev–Trinajstić information content (AvgIpc) is 2.86. The van der Waals surface area contributed by atoms with Gasteiger partial charge in [-0.05, 0) is 0 Å². The Morgan fingerprint density at radius 2 is 2.33 bits per heavy atom. The maximum absolute atomic E-state index is 10.6. The molecule has 2 heterocycles. The maximum Gasteiger partial charge on any atom is 0.338 e. The minimum absolute atomic E-state index is 0.209. The Kier molecular flexibility index (Phi) is 2.49.